The van der Waals surface area contributed by atoms with E-state index >= 15 is 0 Å². The van der Waals surface area contributed by atoms with E-state index in [1.54, 1.807) is 19.2 Å². The Kier molecular flexibility index (Phi) is 9.12. The molecule has 3 aromatic rings. The molecule has 0 fully saturated rings. The number of hydrogen-bond acceptors (Lipinski definition) is 4. The van der Waals surface area contributed by atoms with E-state index in [0.29, 0.717) is 17.8 Å². The number of nitrogens with one attached hydrogen (secondary N) is 1. The highest BCUT2D eigenvalue weighted by molar-refractivity contribution is 6.04. The SMILES string of the molecule is CCCCOc1c(O)c(=O)n(C)c2cc(NC(=O)C=Cc3ccccc3)cc(C(CC)CCC)c12. The molecule has 0 aliphatic rings. The molecule has 0 radical (unpaired) electrons. The lowest BCUT2D eigenvalue weighted by atomic mass is 9.88. The molecule has 0 aliphatic heterocycles. The van der Waals surface area contributed by atoms with Crippen LogP contribution < -0.4 is 15.6 Å². The maximum absolute atomic E-state index is 12.8. The lowest BCUT2D eigenvalue weighted by Crippen LogP contribution is -2.19. The summed E-state index contributed by atoms with van der Waals surface area (Å²) in [5.74, 6) is -0.204. The quantitative estimate of drug-likeness (QED) is 0.249. The molecule has 1 amide bonds. The third kappa shape index (κ3) is 6.13. The molecule has 35 heavy (non-hydrogen) atoms. The van der Waals surface area contributed by atoms with Crippen molar-refractivity contribution in [2.45, 2.75) is 58.8 Å². The van der Waals surface area contributed by atoms with Crippen LogP contribution in [0.1, 0.15) is 69.9 Å². The van der Waals surface area contributed by atoms with Gasteiger partial charge >= 0.3 is 0 Å². The minimum absolute atomic E-state index is 0.185. The molecule has 6 heteroatoms. The monoisotopic (exact) mass is 476 g/mol. The Morgan fingerprint density at radius 3 is 2.54 bits per heavy atom. The number of carbonyl (C=O) groups is 1. The first kappa shape index (κ1) is 26.1. The lowest BCUT2D eigenvalue weighted by molar-refractivity contribution is -0.111. The molecule has 0 aliphatic carbocycles. The number of rotatable bonds is 11. The molecule has 0 bridgehead atoms. The summed E-state index contributed by atoms with van der Waals surface area (Å²) in [5, 5.41) is 14.4. The molecule has 1 atom stereocenters. The molecule has 2 aromatic carbocycles. The summed E-state index contributed by atoms with van der Waals surface area (Å²) in [5.41, 5.74) is 2.60. The Hall–Kier alpha value is -3.54. The van der Waals surface area contributed by atoms with Crippen molar-refractivity contribution in [3.8, 4) is 11.5 Å². The number of aromatic hydroxyl groups is 1. The van der Waals surface area contributed by atoms with Crippen LogP contribution >= 0.6 is 0 Å². The first-order chi connectivity index (χ1) is 16.9. The Morgan fingerprint density at radius 2 is 1.89 bits per heavy atom. The van der Waals surface area contributed by atoms with Gasteiger partial charge in [-0.3, -0.25) is 9.59 Å². The number of ether oxygens (including phenoxy) is 1. The van der Waals surface area contributed by atoms with Crippen LogP contribution in [0, 0.1) is 0 Å². The largest absolute Gasteiger partial charge is 0.500 e. The average Bonchev–Trinajstić information content (AvgIpc) is 2.87. The zero-order valence-electron chi connectivity index (χ0n) is 21.1. The second-order valence-corrected chi connectivity index (χ2v) is 8.83. The van der Waals surface area contributed by atoms with Gasteiger partial charge in [0.1, 0.15) is 0 Å². The smallest absolute Gasteiger partial charge is 0.296 e. The summed E-state index contributed by atoms with van der Waals surface area (Å²) < 4.78 is 7.41. The highest BCUT2D eigenvalue weighted by atomic mass is 16.5. The molecule has 1 aromatic heterocycles. The minimum Gasteiger partial charge on any atom is -0.500 e. The summed E-state index contributed by atoms with van der Waals surface area (Å²) in [6.45, 7) is 6.74. The third-order valence-corrected chi connectivity index (χ3v) is 6.27. The van der Waals surface area contributed by atoms with Crippen molar-refractivity contribution < 1.29 is 14.6 Å². The van der Waals surface area contributed by atoms with Crippen molar-refractivity contribution in [3.63, 3.8) is 0 Å². The van der Waals surface area contributed by atoms with Crippen LogP contribution in [-0.2, 0) is 11.8 Å². The summed E-state index contributed by atoms with van der Waals surface area (Å²) in [6, 6.07) is 13.4. The van der Waals surface area contributed by atoms with Gasteiger partial charge in [0.05, 0.1) is 12.1 Å². The van der Waals surface area contributed by atoms with Crippen LogP contribution in [0.5, 0.6) is 11.5 Å². The molecular formula is C29H36N2O4. The van der Waals surface area contributed by atoms with Crippen LogP contribution in [0.4, 0.5) is 5.69 Å². The van der Waals surface area contributed by atoms with Gasteiger partial charge in [-0.25, -0.2) is 0 Å². The van der Waals surface area contributed by atoms with Gasteiger partial charge in [-0.15, -0.1) is 0 Å². The first-order valence-electron chi connectivity index (χ1n) is 12.5. The van der Waals surface area contributed by atoms with Gasteiger partial charge in [0, 0.05) is 24.2 Å². The van der Waals surface area contributed by atoms with Crippen molar-refractivity contribution in [1.29, 1.82) is 0 Å². The second-order valence-electron chi connectivity index (χ2n) is 8.83. The Morgan fingerprint density at radius 1 is 1.14 bits per heavy atom. The highest BCUT2D eigenvalue weighted by Crippen LogP contribution is 2.41. The van der Waals surface area contributed by atoms with E-state index in [1.807, 2.05) is 36.4 Å². The molecule has 186 valence electrons. The van der Waals surface area contributed by atoms with E-state index in [2.05, 4.69) is 26.1 Å². The number of aromatic nitrogens is 1. The van der Waals surface area contributed by atoms with E-state index < -0.39 is 5.56 Å². The molecule has 0 saturated carbocycles. The topological polar surface area (TPSA) is 80.6 Å². The fraction of sp³-hybridized carbons (Fsp3) is 0.379. The predicted molar refractivity (Wildman–Crippen MR) is 143 cm³/mol. The van der Waals surface area contributed by atoms with Crippen molar-refractivity contribution in [3.05, 3.63) is 70.0 Å². The molecule has 2 N–H and O–H groups in total. The zero-order chi connectivity index (χ0) is 25.4. The zero-order valence-corrected chi connectivity index (χ0v) is 21.1. The molecule has 1 heterocycles. The number of pyridine rings is 1. The summed E-state index contributed by atoms with van der Waals surface area (Å²) in [4.78, 5) is 25.6. The lowest BCUT2D eigenvalue weighted by Gasteiger charge is -2.22. The van der Waals surface area contributed by atoms with Crippen molar-refractivity contribution >= 4 is 28.6 Å². The van der Waals surface area contributed by atoms with Gasteiger partial charge in [0.2, 0.25) is 11.7 Å². The van der Waals surface area contributed by atoms with Gasteiger partial charge < -0.3 is 19.7 Å². The molecule has 6 nitrogen and oxygen atoms in total. The van der Waals surface area contributed by atoms with Crippen LogP contribution in [0.25, 0.3) is 17.0 Å². The van der Waals surface area contributed by atoms with Crippen molar-refractivity contribution in [2.24, 2.45) is 7.05 Å². The van der Waals surface area contributed by atoms with E-state index in [1.165, 1.54) is 10.6 Å². The average molecular weight is 477 g/mol. The molecule has 3 rings (SSSR count). The van der Waals surface area contributed by atoms with E-state index in [4.69, 9.17) is 4.74 Å². The fourth-order valence-corrected chi connectivity index (χ4v) is 4.35. The van der Waals surface area contributed by atoms with Gasteiger partial charge in [0.25, 0.3) is 5.56 Å². The first-order valence-corrected chi connectivity index (χ1v) is 12.5. The molecule has 0 saturated heterocycles. The van der Waals surface area contributed by atoms with Crippen LogP contribution in [-0.4, -0.2) is 22.2 Å². The molecular weight excluding hydrogens is 440 g/mol. The maximum atomic E-state index is 12.8. The van der Waals surface area contributed by atoms with Crippen LogP contribution in [0.2, 0.25) is 0 Å². The van der Waals surface area contributed by atoms with Crippen LogP contribution in [0.15, 0.2) is 53.3 Å². The standard InChI is InChI=1S/C29H36N2O4/c1-5-8-17-35-28-26-23(21(7-3)12-6-2)18-22(19-24(26)31(4)29(34)27(28)33)30-25(32)16-15-20-13-10-9-11-14-20/h9-11,13-16,18-19,21,33H,5-8,12,17H2,1-4H3,(H,30,32). The number of benzene rings is 2. The summed E-state index contributed by atoms with van der Waals surface area (Å²) in [7, 11) is 1.63. The number of carbonyl (C=O) groups excluding carboxylic acids is 1. The summed E-state index contributed by atoms with van der Waals surface area (Å²) >= 11 is 0. The number of fused-ring (bicyclic) bond motifs is 1. The van der Waals surface area contributed by atoms with Gasteiger partial charge in [-0.1, -0.05) is 63.9 Å². The number of aryl methyl sites for hydroxylation is 1. The maximum Gasteiger partial charge on any atom is 0.296 e. The minimum atomic E-state index is -0.522. The number of nitrogens with zero attached hydrogens (tertiary/aromatic N) is 1. The number of anilines is 1. The van der Waals surface area contributed by atoms with Crippen molar-refractivity contribution in [2.75, 3.05) is 11.9 Å². The highest BCUT2D eigenvalue weighted by Gasteiger charge is 2.23. The molecule has 0 spiro atoms. The van der Waals surface area contributed by atoms with Gasteiger partial charge in [-0.05, 0) is 54.5 Å². The predicted octanol–water partition coefficient (Wildman–Crippen LogP) is 6.37. The normalized spacial score (nSPS) is 12.2. The van der Waals surface area contributed by atoms with Gasteiger partial charge in [0.15, 0.2) is 5.75 Å². The Balaban J connectivity index is 2.13. The second kappa shape index (κ2) is 12.2. The fourth-order valence-electron chi connectivity index (χ4n) is 4.35. The van der Waals surface area contributed by atoms with E-state index in [-0.39, 0.29) is 23.3 Å². The van der Waals surface area contributed by atoms with Crippen LogP contribution in [0.3, 0.4) is 0 Å². The van der Waals surface area contributed by atoms with E-state index in [0.717, 1.165) is 48.6 Å². The summed E-state index contributed by atoms with van der Waals surface area (Å²) in [6.07, 6.45) is 7.83. The molecule has 1 unspecified atom stereocenters. The van der Waals surface area contributed by atoms with Crippen molar-refractivity contribution in [1.82, 2.24) is 4.57 Å². The number of unbranched alkanes of at least 4 members (excludes halogenated alkanes) is 1. The van der Waals surface area contributed by atoms with Gasteiger partial charge in [-0.2, -0.15) is 0 Å². The third-order valence-electron chi connectivity index (χ3n) is 6.27. The number of amides is 1. The Bertz CT molecular complexity index is 1250. The number of hydrogen-bond donors (Lipinski definition) is 2. The Labute approximate surface area is 207 Å². The van der Waals surface area contributed by atoms with E-state index in [9.17, 15) is 14.7 Å².